The Labute approximate surface area is 222 Å². The van der Waals surface area contributed by atoms with Crippen LogP contribution in [0.15, 0.2) is 53.8 Å². The lowest BCUT2D eigenvalue weighted by Gasteiger charge is -2.41. The molecule has 6 rings (SSSR count). The van der Waals surface area contributed by atoms with E-state index in [4.69, 9.17) is 9.47 Å². The first-order chi connectivity index (χ1) is 18.6. The predicted octanol–water partition coefficient (Wildman–Crippen LogP) is 3.02. The predicted molar refractivity (Wildman–Crippen MR) is 136 cm³/mol. The van der Waals surface area contributed by atoms with Crippen LogP contribution in [0.4, 0.5) is 13.2 Å². The Balaban J connectivity index is 1.36. The van der Waals surface area contributed by atoms with Crippen molar-refractivity contribution in [3.63, 3.8) is 0 Å². The highest BCUT2D eigenvalue weighted by Crippen LogP contribution is 2.39. The van der Waals surface area contributed by atoms with E-state index in [-0.39, 0.29) is 23.1 Å². The van der Waals surface area contributed by atoms with Crippen LogP contribution in [-0.4, -0.2) is 56.2 Å². The molecule has 1 saturated carbocycles. The molecule has 9 nitrogen and oxygen atoms in total. The summed E-state index contributed by atoms with van der Waals surface area (Å²) in [7, 11) is 3.50. The average Bonchev–Trinajstić information content (AvgIpc) is 3.44. The van der Waals surface area contributed by atoms with Crippen molar-refractivity contribution in [1.82, 2.24) is 29.0 Å². The summed E-state index contributed by atoms with van der Waals surface area (Å²) < 4.78 is 57.6. The monoisotopic (exact) mass is 542 g/mol. The van der Waals surface area contributed by atoms with Crippen LogP contribution in [0, 0.1) is 0 Å². The first-order valence-electron chi connectivity index (χ1n) is 12.7. The Kier molecular flexibility index (Phi) is 6.16. The van der Waals surface area contributed by atoms with Gasteiger partial charge in [0.05, 0.1) is 35.6 Å². The average molecular weight is 543 g/mol. The Morgan fingerprint density at radius 3 is 2.59 bits per heavy atom. The summed E-state index contributed by atoms with van der Waals surface area (Å²) in [5.74, 6) is 0.796. The summed E-state index contributed by atoms with van der Waals surface area (Å²) in [5, 5.41) is 11.3. The summed E-state index contributed by atoms with van der Waals surface area (Å²) in [4.78, 5) is 13.5. The highest BCUT2D eigenvalue weighted by molar-refractivity contribution is 5.58. The van der Waals surface area contributed by atoms with Gasteiger partial charge in [0, 0.05) is 51.5 Å². The molecule has 4 heterocycles. The molecule has 0 amide bonds. The third-order valence-corrected chi connectivity index (χ3v) is 7.94. The molecule has 39 heavy (non-hydrogen) atoms. The number of aromatic nitrogens is 5. The lowest BCUT2D eigenvalue weighted by Crippen LogP contribution is -2.49. The highest BCUT2D eigenvalue weighted by atomic mass is 19.4. The van der Waals surface area contributed by atoms with Crippen molar-refractivity contribution in [3.05, 3.63) is 82.1 Å². The maximum atomic E-state index is 14.1. The standard InChI is InChI=1S/C27H29F3N6O3/c1-34-17-32-33-23(34)10-25(15-39-16-25)19-4-3-5-20(9-19)35-13-22-21(27(28,29)30)8-18(12-36(22)24(35)37)11-31-14-26(38-2)6-7-26/h3-5,8-9,12-13,17,31H,6-7,10-11,14-16H2,1-2H3. The zero-order valence-electron chi connectivity index (χ0n) is 21.7. The fourth-order valence-electron chi connectivity index (χ4n) is 5.26. The minimum atomic E-state index is -4.63. The van der Waals surface area contributed by atoms with Crippen molar-refractivity contribution in [2.24, 2.45) is 7.05 Å². The smallest absolute Gasteiger partial charge is 0.379 e. The van der Waals surface area contributed by atoms with Crippen molar-refractivity contribution in [2.75, 3.05) is 26.9 Å². The Morgan fingerprint density at radius 2 is 1.97 bits per heavy atom. The number of fused-ring (bicyclic) bond motifs is 1. The summed E-state index contributed by atoms with van der Waals surface area (Å²) in [6, 6.07) is 8.42. The number of alkyl halides is 3. The number of imidazole rings is 1. The molecular weight excluding hydrogens is 513 g/mol. The second-order valence-corrected chi connectivity index (χ2v) is 10.6. The number of methoxy groups -OCH3 is 1. The second-order valence-electron chi connectivity index (χ2n) is 10.6. The van der Waals surface area contributed by atoms with Crippen molar-refractivity contribution in [3.8, 4) is 5.69 Å². The van der Waals surface area contributed by atoms with Gasteiger partial charge in [0.15, 0.2) is 0 Å². The molecule has 3 aromatic heterocycles. The van der Waals surface area contributed by atoms with Crippen LogP contribution in [0.2, 0.25) is 0 Å². The molecule has 0 bridgehead atoms. The van der Waals surface area contributed by atoms with Gasteiger partial charge in [-0.05, 0) is 42.2 Å². The minimum absolute atomic E-state index is 0.182. The van der Waals surface area contributed by atoms with Crippen LogP contribution in [0.3, 0.4) is 0 Å². The van der Waals surface area contributed by atoms with E-state index < -0.39 is 17.4 Å². The first kappa shape index (κ1) is 25.8. The molecule has 1 aliphatic heterocycles. The Hall–Kier alpha value is -3.48. The molecule has 0 radical (unpaired) electrons. The molecule has 2 fully saturated rings. The molecule has 1 saturated heterocycles. The molecule has 206 valence electrons. The number of ether oxygens (including phenoxy) is 2. The topological polar surface area (TPSA) is 87.6 Å². The van der Waals surface area contributed by atoms with Gasteiger partial charge in [-0.2, -0.15) is 13.2 Å². The molecule has 4 aromatic rings. The van der Waals surface area contributed by atoms with E-state index >= 15 is 0 Å². The van der Waals surface area contributed by atoms with Crippen LogP contribution in [0.1, 0.15) is 35.4 Å². The van der Waals surface area contributed by atoms with Crippen molar-refractivity contribution >= 4 is 5.52 Å². The van der Waals surface area contributed by atoms with Gasteiger partial charge in [0.1, 0.15) is 12.2 Å². The summed E-state index contributed by atoms with van der Waals surface area (Å²) in [6.07, 6.45) is 2.15. The number of nitrogens with zero attached hydrogens (tertiary/aromatic N) is 5. The molecule has 0 spiro atoms. The van der Waals surface area contributed by atoms with E-state index in [9.17, 15) is 18.0 Å². The molecular formula is C27H29F3N6O3. The lowest BCUT2D eigenvalue weighted by molar-refractivity contribution is -0.136. The number of halogens is 3. The SMILES string of the molecule is COC1(CNCc2cc(C(F)(F)F)c3cn(-c4cccc(C5(Cc6nncn6C)COC5)c4)c(=O)n3c2)CC1. The summed E-state index contributed by atoms with van der Waals surface area (Å²) in [5.41, 5.74) is -0.458. The van der Waals surface area contributed by atoms with Crippen LogP contribution < -0.4 is 11.0 Å². The van der Waals surface area contributed by atoms with Crippen LogP contribution in [0.5, 0.6) is 0 Å². The maximum absolute atomic E-state index is 14.1. The number of aryl methyl sites for hydroxylation is 1. The van der Waals surface area contributed by atoms with Gasteiger partial charge in [0.25, 0.3) is 0 Å². The molecule has 1 aromatic carbocycles. The molecule has 2 aliphatic rings. The van der Waals surface area contributed by atoms with E-state index in [0.717, 1.165) is 34.7 Å². The van der Waals surface area contributed by atoms with Crippen molar-refractivity contribution < 1.29 is 22.6 Å². The fourth-order valence-corrected chi connectivity index (χ4v) is 5.26. The zero-order valence-corrected chi connectivity index (χ0v) is 21.7. The summed E-state index contributed by atoms with van der Waals surface area (Å²) >= 11 is 0. The number of hydrogen-bond acceptors (Lipinski definition) is 6. The number of nitrogens with one attached hydrogen (secondary N) is 1. The highest BCUT2D eigenvalue weighted by Gasteiger charge is 2.43. The number of hydrogen-bond donors (Lipinski definition) is 1. The first-order valence-corrected chi connectivity index (χ1v) is 12.7. The van der Waals surface area contributed by atoms with E-state index in [1.54, 1.807) is 25.6 Å². The summed E-state index contributed by atoms with van der Waals surface area (Å²) in [6.45, 7) is 1.65. The Bertz CT molecular complexity index is 1580. The largest absolute Gasteiger partial charge is 0.418 e. The van der Waals surface area contributed by atoms with Crippen LogP contribution in [0.25, 0.3) is 11.2 Å². The van der Waals surface area contributed by atoms with E-state index in [2.05, 4.69) is 15.5 Å². The third-order valence-electron chi connectivity index (χ3n) is 7.94. The van der Waals surface area contributed by atoms with Gasteiger partial charge in [-0.25, -0.2) is 4.79 Å². The van der Waals surface area contributed by atoms with E-state index in [0.29, 0.717) is 37.4 Å². The van der Waals surface area contributed by atoms with Crippen LogP contribution >= 0.6 is 0 Å². The van der Waals surface area contributed by atoms with Crippen molar-refractivity contribution in [2.45, 2.75) is 43.0 Å². The van der Waals surface area contributed by atoms with Crippen LogP contribution in [-0.2, 0) is 41.1 Å². The fraction of sp³-hybridized carbons (Fsp3) is 0.444. The number of rotatable bonds is 9. The molecule has 12 heteroatoms. The molecule has 0 unspecified atom stereocenters. The van der Waals surface area contributed by atoms with Gasteiger partial charge in [0.2, 0.25) is 0 Å². The quantitative estimate of drug-likeness (QED) is 0.350. The minimum Gasteiger partial charge on any atom is -0.379 e. The third kappa shape index (κ3) is 4.66. The number of pyridine rings is 1. The normalized spacial score (nSPS) is 17.9. The Morgan fingerprint density at radius 1 is 1.18 bits per heavy atom. The van der Waals surface area contributed by atoms with Gasteiger partial charge in [-0.3, -0.25) is 8.97 Å². The molecule has 0 atom stereocenters. The second kappa shape index (κ2) is 9.32. The number of benzene rings is 1. The molecule has 1 N–H and O–H groups in total. The van der Waals surface area contributed by atoms with Gasteiger partial charge < -0.3 is 19.4 Å². The maximum Gasteiger partial charge on any atom is 0.418 e. The van der Waals surface area contributed by atoms with Gasteiger partial charge >= 0.3 is 11.9 Å². The van der Waals surface area contributed by atoms with Crippen molar-refractivity contribution in [1.29, 1.82) is 0 Å². The zero-order chi connectivity index (χ0) is 27.4. The van der Waals surface area contributed by atoms with Gasteiger partial charge in [-0.15, -0.1) is 10.2 Å². The van der Waals surface area contributed by atoms with E-state index in [1.165, 1.54) is 17.0 Å². The molecule has 1 aliphatic carbocycles. The lowest BCUT2D eigenvalue weighted by atomic mass is 9.75. The van der Waals surface area contributed by atoms with E-state index in [1.807, 2.05) is 23.7 Å². The van der Waals surface area contributed by atoms with Gasteiger partial charge in [-0.1, -0.05) is 12.1 Å².